The maximum absolute atomic E-state index is 11.7. The molecule has 0 bridgehead atoms. The quantitative estimate of drug-likeness (QED) is 0.467. The number of aromatic hydroxyl groups is 1. The second kappa shape index (κ2) is 7.84. The monoisotopic (exact) mass is 314 g/mol. The first-order chi connectivity index (χ1) is 11.2. The van der Waals surface area contributed by atoms with E-state index in [2.05, 4.69) is 17.1 Å². The molecule has 23 heavy (non-hydrogen) atoms. The van der Waals surface area contributed by atoms with Crippen molar-refractivity contribution in [2.45, 2.75) is 13.3 Å². The van der Waals surface area contributed by atoms with Crippen molar-refractivity contribution in [3.8, 4) is 11.5 Å². The highest BCUT2D eigenvalue weighted by atomic mass is 16.5. The minimum Gasteiger partial charge on any atom is -0.504 e. The summed E-state index contributed by atoms with van der Waals surface area (Å²) in [6.07, 6.45) is 5.06. The van der Waals surface area contributed by atoms with Gasteiger partial charge < -0.3 is 14.3 Å². The van der Waals surface area contributed by atoms with E-state index < -0.39 is 5.91 Å². The zero-order valence-corrected chi connectivity index (χ0v) is 12.8. The molecule has 6 nitrogen and oxygen atoms in total. The van der Waals surface area contributed by atoms with Crippen molar-refractivity contribution >= 4 is 12.1 Å². The number of carbonyl (C=O) groups excluding carboxylic acids is 1. The molecule has 0 aliphatic carbocycles. The Kier molecular flexibility index (Phi) is 5.57. The number of phenolic OH excluding ortho intramolecular Hbond substituents is 1. The lowest BCUT2D eigenvalue weighted by atomic mass is 10.1. The Morgan fingerprint density at radius 2 is 2.35 bits per heavy atom. The summed E-state index contributed by atoms with van der Waals surface area (Å²) in [5.74, 6) is 0.186. The molecule has 0 aliphatic heterocycles. The van der Waals surface area contributed by atoms with Crippen LogP contribution in [0.4, 0.5) is 0 Å². The smallest absolute Gasteiger partial charge is 0.307 e. The predicted octanol–water partition coefficient (Wildman–Crippen LogP) is 2.88. The van der Waals surface area contributed by atoms with Gasteiger partial charge in [-0.2, -0.15) is 5.10 Å². The molecule has 1 aromatic carbocycles. The summed E-state index contributed by atoms with van der Waals surface area (Å²) in [6.45, 7) is 5.92. The van der Waals surface area contributed by atoms with Crippen molar-refractivity contribution in [1.82, 2.24) is 5.43 Å². The average molecular weight is 314 g/mol. The van der Waals surface area contributed by atoms with Gasteiger partial charge in [0.05, 0.1) is 19.1 Å². The number of nitrogens with zero attached hydrogens (tertiary/aromatic N) is 1. The summed E-state index contributed by atoms with van der Waals surface area (Å²) in [4.78, 5) is 11.7. The van der Waals surface area contributed by atoms with Crippen LogP contribution < -0.4 is 10.2 Å². The minimum absolute atomic E-state index is 0.0866. The topological polar surface area (TPSA) is 84.1 Å². The molecule has 120 valence electrons. The summed E-state index contributed by atoms with van der Waals surface area (Å²) >= 11 is 0. The van der Waals surface area contributed by atoms with E-state index in [1.165, 1.54) is 12.5 Å². The summed E-state index contributed by atoms with van der Waals surface area (Å²) < 4.78 is 10.4. The fourth-order valence-corrected chi connectivity index (χ4v) is 1.97. The van der Waals surface area contributed by atoms with Crippen LogP contribution in [0.25, 0.3) is 0 Å². The van der Waals surface area contributed by atoms with E-state index in [1.807, 2.05) is 6.92 Å². The summed E-state index contributed by atoms with van der Waals surface area (Å²) in [5, 5.41) is 14.0. The number of rotatable bonds is 7. The molecule has 0 fully saturated rings. The molecule has 0 aliphatic rings. The van der Waals surface area contributed by atoms with Gasteiger partial charge in [0, 0.05) is 5.56 Å². The maximum Gasteiger partial charge on any atom is 0.307 e. The Bertz CT molecular complexity index is 706. The van der Waals surface area contributed by atoms with E-state index in [1.54, 1.807) is 30.3 Å². The number of allylic oxidation sites excluding steroid dienone is 1. The summed E-state index contributed by atoms with van der Waals surface area (Å²) in [6, 6.07) is 6.56. The second-order valence-corrected chi connectivity index (χ2v) is 4.63. The first kappa shape index (κ1) is 16.4. The maximum atomic E-state index is 11.7. The number of furan rings is 1. The molecule has 1 aromatic heterocycles. The fraction of sp³-hybridized carbons (Fsp3) is 0.176. The van der Waals surface area contributed by atoms with Crippen molar-refractivity contribution in [2.75, 3.05) is 6.61 Å². The Morgan fingerprint density at radius 1 is 1.52 bits per heavy atom. The van der Waals surface area contributed by atoms with Crippen molar-refractivity contribution in [3.05, 3.63) is 60.1 Å². The van der Waals surface area contributed by atoms with E-state index in [9.17, 15) is 9.90 Å². The van der Waals surface area contributed by atoms with Crippen LogP contribution in [0.1, 0.15) is 28.6 Å². The van der Waals surface area contributed by atoms with Crippen LogP contribution in [0, 0.1) is 0 Å². The van der Waals surface area contributed by atoms with Gasteiger partial charge in [0.1, 0.15) is 0 Å². The fourth-order valence-electron chi connectivity index (χ4n) is 1.97. The lowest BCUT2D eigenvalue weighted by molar-refractivity contribution is 0.0927. The number of benzene rings is 1. The number of ether oxygens (including phenoxy) is 1. The van der Waals surface area contributed by atoms with Crippen molar-refractivity contribution in [3.63, 3.8) is 0 Å². The van der Waals surface area contributed by atoms with Gasteiger partial charge in [0.15, 0.2) is 17.3 Å². The first-order valence-electron chi connectivity index (χ1n) is 7.12. The van der Waals surface area contributed by atoms with Gasteiger partial charge in [0.2, 0.25) is 0 Å². The molecule has 2 rings (SSSR count). The van der Waals surface area contributed by atoms with E-state index in [-0.39, 0.29) is 11.5 Å². The SMILES string of the molecule is C=CCc1cc(/C=N\NC(=O)c2ccco2)cc(OCC)c1O. The Hall–Kier alpha value is -3.02. The van der Waals surface area contributed by atoms with Gasteiger partial charge in [-0.05, 0) is 43.2 Å². The van der Waals surface area contributed by atoms with E-state index in [0.717, 1.165) is 0 Å². The molecule has 0 spiro atoms. The summed E-state index contributed by atoms with van der Waals surface area (Å²) in [5.41, 5.74) is 3.72. The molecule has 0 saturated heterocycles. The van der Waals surface area contributed by atoms with Gasteiger partial charge in [-0.25, -0.2) is 5.43 Å². The van der Waals surface area contributed by atoms with Crippen molar-refractivity contribution in [1.29, 1.82) is 0 Å². The van der Waals surface area contributed by atoms with E-state index in [4.69, 9.17) is 9.15 Å². The number of nitrogens with one attached hydrogen (secondary N) is 1. The zero-order valence-electron chi connectivity index (χ0n) is 12.8. The largest absolute Gasteiger partial charge is 0.504 e. The Morgan fingerprint density at radius 3 is 3.00 bits per heavy atom. The number of amides is 1. The third-order valence-corrected chi connectivity index (χ3v) is 2.96. The zero-order chi connectivity index (χ0) is 16.7. The van der Waals surface area contributed by atoms with Crippen LogP contribution in [0.15, 0.2) is 52.7 Å². The van der Waals surface area contributed by atoms with Crippen LogP contribution in [0.5, 0.6) is 11.5 Å². The first-order valence-corrected chi connectivity index (χ1v) is 7.12. The van der Waals surface area contributed by atoms with Gasteiger partial charge in [0.25, 0.3) is 0 Å². The Balaban J connectivity index is 2.16. The number of carbonyl (C=O) groups is 1. The summed E-state index contributed by atoms with van der Waals surface area (Å²) in [7, 11) is 0. The van der Waals surface area contributed by atoms with Gasteiger partial charge in [-0.1, -0.05) is 6.08 Å². The molecule has 1 amide bonds. The van der Waals surface area contributed by atoms with Crippen molar-refractivity contribution in [2.24, 2.45) is 5.10 Å². The van der Waals surface area contributed by atoms with Gasteiger partial charge in [-0.15, -0.1) is 6.58 Å². The lowest BCUT2D eigenvalue weighted by Gasteiger charge is -2.10. The molecule has 0 saturated carbocycles. The average Bonchev–Trinajstić information content (AvgIpc) is 3.06. The molecule has 2 aromatic rings. The van der Waals surface area contributed by atoms with Crippen molar-refractivity contribution < 1.29 is 19.1 Å². The van der Waals surface area contributed by atoms with Crippen LogP contribution in [-0.4, -0.2) is 23.8 Å². The number of hydrogen-bond donors (Lipinski definition) is 2. The normalized spacial score (nSPS) is 10.7. The highest BCUT2D eigenvalue weighted by molar-refractivity contribution is 5.92. The third kappa shape index (κ3) is 4.23. The third-order valence-electron chi connectivity index (χ3n) is 2.96. The number of hydrazone groups is 1. The van der Waals surface area contributed by atoms with Gasteiger partial charge >= 0.3 is 5.91 Å². The lowest BCUT2D eigenvalue weighted by Crippen LogP contribution is -2.16. The van der Waals surface area contributed by atoms with Gasteiger partial charge in [-0.3, -0.25) is 4.79 Å². The standard InChI is InChI=1S/C17H18N2O4/c1-3-6-13-9-12(10-15(16(13)20)22-4-2)11-18-19-17(21)14-7-5-8-23-14/h3,5,7-11,20H,1,4,6H2,2H3,(H,19,21)/b18-11-. The molecule has 6 heteroatoms. The second-order valence-electron chi connectivity index (χ2n) is 4.63. The molecule has 0 unspecified atom stereocenters. The highest BCUT2D eigenvalue weighted by Gasteiger charge is 2.10. The van der Waals surface area contributed by atoms with Crippen LogP contribution in [-0.2, 0) is 6.42 Å². The Labute approximate surface area is 134 Å². The number of phenols is 1. The molecule has 1 heterocycles. The molecular formula is C17H18N2O4. The van der Waals surface area contributed by atoms with Crippen LogP contribution in [0.3, 0.4) is 0 Å². The van der Waals surface area contributed by atoms with Crippen LogP contribution >= 0.6 is 0 Å². The number of hydrogen-bond acceptors (Lipinski definition) is 5. The highest BCUT2D eigenvalue weighted by Crippen LogP contribution is 2.31. The van der Waals surface area contributed by atoms with E-state index in [0.29, 0.717) is 29.9 Å². The van der Waals surface area contributed by atoms with Crippen LogP contribution in [0.2, 0.25) is 0 Å². The molecule has 2 N–H and O–H groups in total. The molecule has 0 radical (unpaired) electrons. The molecular weight excluding hydrogens is 296 g/mol. The predicted molar refractivity (Wildman–Crippen MR) is 86.9 cm³/mol. The molecule has 0 atom stereocenters. The minimum atomic E-state index is -0.443. The van der Waals surface area contributed by atoms with E-state index >= 15 is 0 Å².